The molecule has 0 spiro atoms. The van der Waals surface area contributed by atoms with Crippen LogP contribution < -0.4 is 5.73 Å². The van der Waals surface area contributed by atoms with Crippen molar-refractivity contribution in [3.63, 3.8) is 0 Å². The van der Waals surface area contributed by atoms with Crippen molar-refractivity contribution in [1.82, 2.24) is 0 Å². The van der Waals surface area contributed by atoms with E-state index in [0.717, 1.165) is 38.5 Å². The van der Waals surface area contributed by atoms with Crippen LogP contribution in [0.15, 0.2) is 24.3 Å². The lowest BCUT2D eigenvalue weighted by Gasteiger charge is -2.20. The quantitative estimate of drug-likeness (QED) is 0.0268. The molecule has 0 bridgehead atoms. The van der Waals surface area contributed by atoms with Gasteiger partial charge in [0, 0.05) is 19.6 Å². The van der Waals surface area contributed by atoms with Gasteiger partial charge in [0.05, 0.1) is 19.8 Å². The van der Waals surface area contributed by atoms with Gasteiger partial charge >= 0.3 is 13.8 Å². The summed E-state index contributed by atoms with van der Waals surface area (Å²) in [7, 11) is -4.28. The van der Waals surface area contributed by atoms with Crippen LogP contribution in [0.4, 0.5) is 0 Å². The van der Waals surface area contributed by atoms with Gasteiger partial charge in [0.2, 0.25) is 0 Å². The van der Waals surface area contributed by atoms with E-state index in [1.54, 1.807) is 0 Å². The SMILES string of the molecule is CCCCCCC/C=C\C/C=C\CCCCCCCCCCCCCC(=O)OC(COCCCCCCCCCCCCCCCCCCCCCCCCC)COP(=O)(O)OCCN. The minimum atomic E-state index is -4.28. The zero-order valence-electron chi connectivity index (χ0n) is 43.2. The van der Waals surface area contributed by atoms with E-state index in [9.17, 15) is 14.3 Å². The molecule has 386 valence electrons. The molecule has 2 atom stereocenters. The fourth-order valence-electron chi connectivity index (χ4n) is 8.44. The largest absolute Gasteiger partial charge is 0.472 e. The van der Waals surface area contributed by atoms with Gasteiger partial charge in [0.15, 0.2) is 0 Å². The van der Waals surface area contributed by atoms with Crippen molar-refractivity contribution < 1.29 is 32.8 Å². The Morgan fingerprint density at radius 3 is 1.20 bits per heavy atom. The Morgan fingerprint density at radius 1 is 0.462 bits per heavy atom. The summed E-state index contributed by atoms with van der Waals surface area (Å²) in [6, 6.07) is 0. The lowest BCUT2D eigenvalue weighted by molar-refractivity contribution is -0.154. The van der Waals surface area contributed by atoms with Gasteiger partial charge in [-0.05, 0) is 44.9 Å². The van der Waals surface area contributed by atoms with Crippen LogP contribution >= 0.6 is 7.82 Å². The smallest absolute Gasteiger partial charge is 0.457 e. The summed E-state index contributed by atoms with van der Waals surface area (Å²) in [6.07, 6.45) is 63.7. The van der Waals surface area contributed by atoms with Gasteiger partial charge in [0.1, 0.15) is 6.10 Å². The molecule has 9 heteroatoms. The molecule has 65 heavy (non-hydrogen) atoms. The summed E-state index contributed by atoms with van der Waals surface area (Å²) >= 11 is 0. The molecule has 0 amide bonds. The fraction of sp³-hybridized carbons (Fsp3) is 0.911. The highest BCUT2D eigenvalue weighted by molar-refractivity contribution is 7.47. The van der Waals surface area contributed by atoms with Crippen LogP contribution in [-0.4, -0.2) is 49.9 Å². The molecule has 0 aliphatic rings. The van der Waals surface area contributed by atoms with E-state index in [1.165, 1.54) is 231 Å². The van der Waals surface area contributed by atoms with Crippen molar-refractivity contribution in [2.75, 3.05) is 33.0 Å². The number of phosphoric ester groups is 1. The van der Waals surface area contributed by atoms with Crippen molar-refractivity contribution in [1.29, 1.82) is 0 Å². The number of rotatable bonds is 55. The number of phosphoric acid groups is 1. The number of allylic oxidation sites excluding steroid dienone is 4. The van der Waals surface area contributed by atoms with E-state index in [-0.39, 0.29) is 32.3 Å². The summed E-state index contributed by atoms with van der Waals surface area (Å²) in [5.41, 5.74) is 5.40. The molecule has 0 aliphatic carbocycles. The van der Waals surface area contributed by atoms with Crippen LogP contribution in [0.25, 0.3) is 0 Å². The molecular weight excluding hydrogens is 830 g/mol. The third-order valence-electron chi connectivity index (χ3n) is 12.6. The molecule has 2 unspecified atom stereocenters. The molecule has 3 N–H and O–H groups in total. The summed E-state index contributed by atoms with van der Waals surface area (Å²) in [6.45, 7) is 4.98. The van der Waals surface area contributed by atoms with Crippen LogP contribution in [0.5, 0.6) is 0 Å². The first-order valence-corrected chi connectivity index (χ1v) is 29.8. The molecule has 0 fully saturated rings. The maximum Gasteiger partial charge on any atom is 0.472 e. The first-order valence-electron chi connectivity index (χ1n) is 28.3. The van der Waals surface area contributed by atoms with E-state index in [0.29, 0.717) is 13.0 Å². The Hall–Kier alpha value is -1.02. The number of unbranched alkanes of at least 4 members (excludes halogenated alkanes) is 38. The van der Waals surface area contributed by atoms with Crippen LogP contribution in [0, 0.1) is 0 Å². The third-order valence-corrected chi connectivity index (χ3v) is 13.6. The van der Waals surface area contributed by atoms with Crippen molar-refractivity contribution in [2.24, 2.45) is 5.73 Å². The van der Waals surface area contributed by atoms with E-state index in [1.807, 2.05) is 0 Å². The van der Waals surface area contributed by atoms with E-state index in [4.69, 9.17) is 24.3 Å². The van der Waals surface area contributed by atoms with Gasteiger partial charge in [-0.25, -0.2) is 4.57 Å². The predicted molar refractivity (Wildman–Crippen MR) is 280 cm³/mol. The van der Waals surface area contributed by atoms with E-state index in [2.05, 4.69) is 38.2 Å². The number of hydrogen-bond acceptors (Lipinski definition) is 7. The van der Waals surface area contributed by atoms with Crippen LogP contribution in [0.2, 0.25) is 0 Å². The zero-order chi connectivity index (χ0) is 47.3. The van der Waals surface area contributed by atoms with Crippen LogP contribution in [-0.2, 0) is 27.9 Å². The Labute approximate surface area is 404 Å². The Bertz CT molecular complexity index is 1060. The van der Waals surface area contributed by atoms with Crippen molar-refractivity contribution in [3.05, 3.63) is 24.3 Å². The minimum Gasteiger partial charge on any atom is -0.457 e. The monoisotopic (exact) mass is 940 g/mol. The zero-order valence-corrected chi connectivity index (χ0v) is 44.1. The summed E-state index contributed by atoms with van der Waals surface area (Å²) < 4.78 is 33.7. The second-order valence-corrected chi connectivity index (χ2v) is 20.6. The van der Waals surface area contributed by atoms with Crippen molar-refractivity contribution >= 4 is 13.8 Å². The Kier molecular flexibility index (Phi) is 53.1. The highest BCUT2D eigenvalue weighted by Crippen LogP contribution is 2.43. The molecule has 0 saturated heterocycles. The number of carbonyl (C=O) groups excluding carboxylic acids is 1. The topological polar surface area (TPSA) is 117 Å². The van der Waals surface area contributed by atoms with E-state index >= 15 is 0 Å². The average molecular weight is 940 g/mol. The standard InChI is InChI=1S/C56H110NO7P/c1-3-5-7-9-11-13-15-17-19-21-23-25-27-29-31-33-35-37-39-41-43-45-47-49-56(58)64-55(54-63-65(59,60)62-52-50-57)53-61-51-48-46-44-42-40-38-36-34-32-30-28-26-24-22-20-18-16-14-12-10-8-6-4-2/h15,17,21,23,55H,3-14,16,18-20,22,24-54,57H2,1-2H3,(H,59,60)/b17-15-,23-21-. The van der Waals surface area contributed by atoms with Crippen molar-refractivity contribution in [2.45, 2.75) is 296 Å². The normalized spacial score (nSPS) is 13.4. The van der Waals surface area contributed by atoms with E-state index < -0.39 is 13.9 Å². The molecule has 0 saturated carbocycles. The molecule has 0 radical (unpaired) electrons. The molecular formula is C56H110NO7P. The Balaban J connectivity index is 3.86. The first kappa shape index (κ1) is 64.0. The van der Waals surface area contributed by atoms with Gasteiger partial charge in [-0.1, -0.05) is 263 Å². The number of ether oxygens (including phenoxy) is 2. The molecule has 0 aromatic heterocycles. The molecule has 0 aromatic rings. The number of esters is 1. The first-order chi connectivity index (χ1) is 31.9. The molecule has 0 aliphatic heterocycles. The summed E-state index contributed by atoms with van der Waals surface area (Å²) in [5.74, 6) is -0.326. The maximum absolute atomic E-state index is 12.7. The van der Waals surface area contributed by atoms with Gasteiger partial charge in [-0.15, -0.1) is 0 Å². The highest BCUT2D eigenvalue weighted by Gasteiger charge is 2.25. The van der Waals surface area contributed by atoms with Gasteiger partial charge in [0.25, 0.3) is 0 Å². The molecule has 0 aromatic carbocycles. The minimum absolute atomic E-state index is 0.0930. The van der Waals surface area contributed by atoms with Gasteiger partial charge < -0.3 is 20.1 Å². The number of nitrogens with two attached hydrogens (primary N) is 1. The average Bonchev–Trinajstić information content (AvgIpc) is 3.30. The second kappa shape index (κ2) is 53.9. The van der Waals surface area contributed by atoms with Crippen molar-refractivity contribution in [3.8, 4) is 0 Å². The summed E-state index contributed by atoms with van der Waals surface area (Å²) in [4.78, 5) is 22.7. The molecule has 0 rings (SSSR count). The second-order valence-electron chi connectivity index (χ2n) is 19.2. The lowest BCUT2D eigenvalue weighted by Crippen LogP contribution is -2.28. The van der Waals surface area contributed by atoms with Gasteiger partial charge in [-0.3, -0.25) is 13.8 Å². The molecule has 8 nitrogen and oxygen atoms in total. The van der Waals surface area contributed by atoms with Crippen LogP contribution in [0.3, 0.4) is 0 Å². The maximum atomic E-state index is 12.7. The highest BCUT2D eigenvalue weighted by atomic mass is 31.2. The predicted octanol–water partition coefficient (Wildman–Crippen LogP) is 17.9. The fourth-order valence-corrected chi connectivity index (χ4v) is 9.21. The number of hydrogen-bond donors (Lipinski definition) is 2. The Morgan fingerprint density at radius 2 is 0.815 bits per heavy atom. The van der Waals surface area contributed by atoms with Gasteiger partial charge in [-0.2, -0.15) is 0 Å². The lowest BCUT2D eigenvalue weighted by atomic mass is 10.0. The van der Waals surface area contributed by atoms with Crippen LogP contribution in [0.1, 0.15) is 290 Å². The number of carbonyl (C=O) groups is 1. The summed E-state index contributed by atoms with van der Waals surface area (Å²) in [5, 5.41) is 0. The molecule has 0 heterocycles. The third kappa shape index (κ3) is 53.8.